The lowest BCUT2D eigenvalue weighted by atomic mass is 9.84. The van der Waals surface area contributed by atoms with Gasteiger partial charge in [0.05, 0.1) is 0 Å². The summed E-state index contributed by atoms with van der Waals surface area (Å²) in [7, 11) is 0. The van der Waals surface area contributed by atoms with E-state index in [2.05, 4.69) is 10.1 Å². The van der Waals surface area contributed by atoms with Gasteiger partial charge < -0.3 is 19.5 Å². The van der Waals surface area contributed by atoms with Gasteiger partial charge in [0, 0.05) is 12.0 Å². The average Bonchev–Trinajstić information content (AvgIpc) is 2.97. The number of rotatable bonds is 6. The predicted octanol–water partition coefficient (Wildman–Crippen LogP) is 2.78. The van der Waals surface area contributed by atoms with Crippen molar-refractivity contribution in [1.82, 2.24) is 5.32 Å². The maximum Gasteiger partial charge on any atom is 0.411 e. The molecule has 24 heavy (non-hydrogen) atoms. The van der Waals surface area contributed by atoms with Crippen LogP contribution in [0.25, 0.3) is 0 Å². The zero-order valence-corrected chi connectivity index (χ0v) is 13.7. The van der Waals surface area contributed by atoms with Crippen LogP contribution in [-0.2, 0) is 14.9 Å². The largest absolute Gasteiger partial charge is 0.454 e. The summed E-state index contributed by atoms with van der Waals surface area (Å²) >= 11 is 0. The van der Waals surface area contributed by atoms with Crippen molar-refractivity contribution in [3.05, 3.63) is 23.8 Å². The highest BCUT2D eigenvalue weighted by atomic mass is 19.4. The summed E-state index contributed by atoms with van der Waals surface area (Å²) in [6, 6.07) is 5.48. The summed E-state index contributed by atoms with van der Waals surface area (Å²) in [6.45, 7) is 4.06. The van der Waals surface area contributed by atoms with Gasteiger partial charge in [-0.25, -0.2) is 0 Å². The van der Waals surface area contributed by atoms with Crippen molar-refractivity contribution in [2.45, 2.75) is 38.5 Å². The molecular weight excluding hydrogens is 327 g/mol. The molecule has 8 heteroatoms. The van der Waals surface area contributed by atoms with Crippen LogP contribution in [0.5, 0.6) is 11.5 Å². The Bertz CT molecular complexity index is 601. The summed E-state index contributed by atoms with van der Waals surface area (Å²) in [5, 5.41) is 2.62. The van der Waals surface area contributed by atoms with Crippen LogP contribution in [0.4, 0.5) is 13.2 Å². The molecule has 0 aromatic heterocycles. The first-order valence-electron chi connectivity index (χ1n) is 7.45. The van der Waals surface area contributed by atoms with E-state index in [-0.39, 0.29) is 13.3 Å². The van der Waals surface area contributed by atoms with Crippen molar-refractivity contribution < 1.29 is 32.2 Å². The number of ether oxygens (including phenoxy) is 3. The van der Waals surface area contributed by atoms with Gasteiger partial charge >= 0.3 is 6.18 Å². The number of alkyl halides is 3. The summed E-state index contributed by atoms with van der Waals surface area (Å²) in [5.74, 6) is 0.703. The second-order valence-electron chi connectivity index (χ2n) is 6.24. The predicted molar refractivity (Wildman–Crippen MR) is 80.1 cm³/mol. The maximum atomic E-state index is 12.1. The third-order valence-corrected chi connectivity index (χ3v) is 3.72. The fourth-order valence-electron chi connectivity index (χ4n) is 2.17. The standard InChI is InChI=1S/C16H20F3NO4/c1-10(22-8-16(17,18)19)14(21)20-7-15(2,3)11-4-5-12-13(6-11)24-9-23-12/h4-6,10H,7-9H2,1-3H3,(H,20,21)/t10-/m1/s1. The molecule has 0 fully saturated rings. The molecule has 0 unspecified atom stereocenters. The van der Waals surface area contributed by atoms with Gasteiger partial charge in [-0.05, 0) is 24.6 Å². The molecule has 1 N–H and O–H groups in total. The molecule has 0 radical (unpaired) electrons. The van der Waals surface area contributed by atoms with E-state index in [0.29, 0.717) is 11.5 Å². The van der Waals surface area contributed by atoms with Crippen LogP contribution in [0, 0.1) is 0 Å². The van der Waals surface area contributed by atoms with Crippen LogP contribution >= 0.6 is 0 Å². The zero-order valence-electron chi connectivity index (χ0n) is 13.7. The molecule has 134 valence electrons. The Morgan fingerprint density at radius 2 is 1.96 bits per heavy atom. The second kappa shape index (κ2) is 6.88. The Morgan fingerprint density at radius 3 is 2.62 bits per heavy atom. The molecule has 1 aliphatic heterocycles. The molecule has 5 nitrogen and oxygen atoms in total. The zero-order chi connectivity index (χ0) is 18.0. The van der Waals surface area contributed by atoms with E-state index in [1.165, 1.54) is 6.92 Å². The lowest BCUT2D eigenvalue weighted by molar-refractivity contribution is -0.185. The Kier molecular flexibility index (Phi) is 5.27. The minimum atomic E-state index is -4.46. The highest BCUT2D eigenvalue weighted by Crippen LogP contribution is 2.36. The van der Waals surface area contributed by atoms with Crippen LogP contribution in [0.3, 0.4) is 0 Å². The van der Waals surface area contributed by atoms with Gasteiger partial charge in [0.2, 0.25) is 12.7 Å². The monoisotopic (exact) mass is 347 g/mol. The summed E-state index contributed by atoms with van der Waals surface area (Å²) in [4.78, 5) is 11.9. The molecule has 0 spiro atoms. The van der Waals surface area contributed by atoms with Gasteiger partial charge in [-0.1, -0.05) is 19.9 Å². The first-order chi connectivity index (χ1) is 11.1. The number of amides is 1. The fraction of sp³-hybridized carbons (Fsp3) is 0.562. The minimum absolute atomic E-state index is 0.171. The molecule has 1 heterocycles. The summed E-state index contributed by atoms with van der Waals surface area (Å²) in [6.07, 6.45) is -5.64. The topological polar surface area (TPSA) is 56.8 Å². The van der Waals surface area contributed by atoms with Crippen LogP contribution in [0.1, 0.15) is 26.3 Å². The van der Waals surface area contributed by atoms with E-state index in [4.69, 9.17) is 9.47 Å². The minimum Gasteiger partial charge on any atom is -0.454 e. The van der Waals surface area contributed by atoms with Crippen LogP contribution < -0.4 is 14.8 Å². The van der Waals surface area contributed by atoms with Crippen LogP contribution in [-0.4, -0.2) is 38.1 Å². The van der Waals surface area contributed by atoms with Gasteiger partial charge in [0.15, 0.2) is 11.5 Å². The highest BCUT2D eigenvalue weighted by Gasteiger charge is 2.30. The molecule has 1 atom stereocenters. The molecule has 0 saturated heterocycles. The van der Waals surface area contributed by atoms with Crippen molar-refractivity contribution in [2.75, 3.05) is 19.9 Å². The number of nitrogens with one attached hydrogen (secondary N) is 1. The van der Waals surface area contributed by atoms with Gasteiger partial charge in [-0.3, -0.25) is 4.79 Å². The number of fused-ring (bicyclic) bond motifs is 1. The second-order valence-corrected chi connectivity index (χ2v) is 6.24. The molecule has 1 amide bonds. The Hall–Kier alpha value is -1.96. The van der Waals surface area contributed by atoms with E-state index in [9.17, 15) is 18.0 Å². The molecule has 2 rings (SSSR count). The lowest BCUT2D eigenvalue weighted by Gasteiger charge is -2.26. The van der Waals surface area contributed by atoms with Crippen molar-refractivity contribution in [3.8, 4) is 11.5 Å². The van der Waals surface area contributed by atoms with Crippen molar-refractivity contribution in [3.63, 3.8) is 0 Å². The van der Waals surface area contributed by atoms with E-state index in [1.54, 1.807) is 6.07 Å². The molecule has 0 saturated carbocycles. The van der Waals surface area contributed by atoms with Crippen molar-refractivity contribution in [2.24, 2.45) is 0 Å². The summed E-state index contributed by atoms with van der Waals surface area (Å²) < 4.78 is 51.4. The fourth-order valence-corrected chi connectivity index (χ4v) is 2.17. The summed E-state index contributed by atoms with van der Waals surface area (Å²) in [5.41, 5.74) is 0.469. The highest BCUT2D eigenvalue weighted by molar-refractivity contribution is 5.80. The normalized spacial score (nSPS) is 15.2. The van der Waals surface area contributed by atoms with E-state index in [1.807, 2.05) is 26.0 Å². The Balaban J connectivity index is 1.91. The average molecular weight is 347 g/mol. The molecule has 0 aliphatic carbocycles. The number of hydrogen-bond acceptors (Lipinski definition) is 4. The van der Waals surface area contributed by atoms with Gasteiger partial charge in [0.1, 0.15) is 12.7 Å². The number of carbonyl (C=O) groups excluding carboxylic acids is 1. The van der Waals surface area contributed by atoms with Crippen molar-refractivity contribution >= 4 is 5.91 Å². The molecule has 1 aliphatic rings. The van der Waals surface area contributed by atoms with Gasteiger partial charge in [-0.15, -0.1) is 0 Å². The number of benzene rings is 1. The molecule has 1 aromatic carbocycles. The van der Waals surface area contributed by atoms with Gasteiger partial charge in [0.25, 0.3) is 0 Å². The Morgan fingerprint density at radius 1 is 1.29 bits per heavy atom. The van der Waals surface area contributed by atoms with E-state index < -0.39 is 30.2 Å². The van der Waals surface area contributed by atoms with E-state index in [0.717, 1.165) is 5.56 Å². The number of halogens is 3. The smallest absolute Gasteiger partial charge is 0.411 e. The van der Waals surface area contributed by atoms with Crippen LogP contribution in [0.2, 0.25) is 0 Å². The number of carbonyl (C=O) groups is 1. The third-order valence-electron chi connectivity index (χ3n) is 3.72. The quantitative estimate of drug-likeness (QED) is 0.860. The first-order valence-corrected chi connectivity index (χ1v) is 7.45. The lowest BCUT2D eigenvalue weighted by Crippen LogP contribution is -2.42. The SMILES string of the molecule is C[C@@H](OCC(F)(F)F)C(=O)NCC(C)(C)c1ccc2c(c1)OCO2. The first kappa shape index (κ1) is 18.4. The van der Waals surface area contributed by atoms with Crippen LogP contribution in [0.15, 0.2) is 18.2 Å². The third kappa shape index (κ3) is 4.77. The maximum absolute atomic E-state index is 12.1. The molecule has 1 aromatic rings. The van der Waals surface area contributed by atoms with E-state index >= 15 is 0 Å². The van der Waals surface area contributed by atoms with Crippen molar-refractivity contribution in [1.29, 1.82) is 0 Å². The molecular formula is C16H20F3NO4. The number of hydrogen-bond donors (Lipinski definition) is 1. The Labute approximate surface area is 138 Å². The molecule has 0 bridgehead atoms. The van der Waals surface area contributed by atoms with Gasteiger partial charge in [-0.2, -0.15) is 13.2 Å².